The highest BCUT2D eigenvalue weighted by molar-refractivity contribution is 8.39. The van der Waals surface area contributed by atoms with Gasteiger partial charge in [-0.2, -0.15) is 0 Å². The van der Waals surface area contributed by atoms with Crippen molar-refractivity contribution in [2.75, 3.05) is 30.5 Å². The maximum absolute atomic E-state index is 12.4. The quantitative estimate of drug-likeness (QED) is 0.795. The maximum atomic E-state index is 12.4. The zero-order valence-electron chi connectivity index (χ0n) is 13.9. The fourth-order valence-corrected chi connectivity index (χ4v) is 4.16. The summed E-state index contributed by atoms with van der Waals surface area (Å²) in [5, 5.41) is 2.63. The largest absolute Gasteiger partial charge is 0.495 e. The number of rotatable bonds is 5. The predicted octanol–water partition coefficient (Wildman–Crippen LogP) is 1.31. The molecular formula is C16H16N4O4S2. The zero-order valence-corrected chi connectivity index (χ0v) is 15.5. The van der Waals surface area contributed by atoms with Gasteiger partial charge in [0, 0.05) is 11.8 Å². The summed E-state index contributed by atoms with van der Waals surface area (Å²) < 4.78 is 7.34. The number of H-pyrrole nitrogens is 1. The van der Waals surface area contributed by atoms with Crippen LogP contribution in [0.3, 0.4) is 0 Å². The fraction of sp³-hybridized carbons (Fsp3) is 0.250. The number of hydrogen-bond acceptors (Lipinski definition) is 7. The topological polar surface area (TPSA) is 106 Å². The SMILES string of the molecule is COc1ccccc1-n1c(NC(=O)CSC2=NCCS2)cc(=O)[nH]c1=O. The Labute approximate surface area is 157 Å². The van der Waals surface area contributed by atoms with E-state index >= 15 is 0 Å². The first kappa shape index (κ1) is 18.3. The van der Waals surface area contributed by atoms with Gasteiger partial charge in [-0.25, -0.2) is 9.36 Å². The van der Waals surface area contributed by atoms with E-state index in [-0.39, 0.29) is 17.5 Å². The minimum absolute atomic E-state index is 0.0786. The van der Waals surface area contributed by atoms with Gasteiger partial charge in [-0.3, -0.25) is 19.6 Å². The van der Waals surface area contributed by atoms with E-state index in [1.807, 2.05) is 0 Å². The summed E-state index contributed by atoms with van der Waals surface area (Å²) in [5.41, 5.74) is -0.851. The zero-order chi connectivity index (χ0) is 18.5. The van der Waals surface area contributed by atoms with Crippen LogP contribution in [0.2, 0.25) is 0 Å². The first-order valence-electron chi connectivity index (χ1n) is 7.68. The van der Waals surface area contributed by atoms with Crippen molar-refractivity contribution in [3.63, 3.8) is 0 Å². The van der Waals surface area contributed by atoms with Crippen LogP contribution in [0.25, 0.3) is 5.69 Å². The highest BCUT2D eigenvalue weighted by Crippen LogP contribution is 2.24. The number of para-hydroxylation sites is 2. The van der Waals surface area contributed by atoms with Gasteiger partial charge in [0.05, 0.1) is 25.1 Å². The number of aromatic amines is 1. The lowest BCUT2D eigenvalue weighted by atomic mass is 10.3. The summed E-state index contributed by atoms with van der Waals surface area (Å²) in [6.07, 6.45) is 0. The molecule has 0 saturated carbocycles. The molecule has 0 radical (unpaired) electrons. The second-order valence-electron chi connectivity index (χ2n) is 5.16. The lowest BCUT2D eigenvalue weighted by Crippen LogP contribution is -2.32. The van der Waals surface area contributed by atoms with E-state index in [1.54, 1.807) is 36.0 Å². The van der Waals surface area contributed by atoms with Gasteiger partial charge in [0.15, 0.2) is 0 Å². The molecule has 0 atom stereocenters. The number of nitrogens with zero attached hydrogens (tertiary/aromatic N) is 2. The Bertz CT molecular complexity index is 967. The number of carbonyl (C=O) groups is 1. The first-order valence-corrected chi connectivity index (χ1v) is 9.65. The van der Waals surface area contributed by atoms with E-state index < -0.39 is 11.2 Å². The van der Waals surface area contributed by atoms with Gasteiger partial charge in [0.25, 0.3) is 5.56 Å². The number of amides is 1. The molecule has 1 aromatic carbocycles. The molecule has 2 aromatic rings. The van der Waals surface area contributed by atoms with Crippen LogP contribution in [0.4, 0.5) is 5.82 Å². The molecule has 0 fully saturated rings. The summed E-state index contributed by atoms with van der Waals surface area (Å²) in [7, 11) is 1.48. The number of nitrogens with one attached hydrogen (secondary N) is 2. The third-order valence-electron chi connectivity index (χ3n) is 3.42. The number of aliphatic imine (C=N–C) groups is 1. The van der Waals surface area contributed by atoms with Crippen molar-refractivity contribution in [2.24, 2.45) is 4.99 Å². The fourth-order valence-electron chi connectivity index (χ4n) is 2.35. The molecule has 0 aliphatic carbocycles. The molecule has 0 unspecified atom stereocenters. The maximum Gasteiger partial charge on any atom is 0.334 e. The number of benzene rings is 1. The molecule has 0 saturated heterocycles. The molecule has 1 amide bonds. The Morgan fingerprint density at radius 1 is 1.42 bits per heavy atom. The van der Waals surface area contributed by atoms with Crippen LogP contribution in [-0.2, 0) is 4.79 Å². The summed E-state index contributed by atoms with van der Waals surface area (Å²) >= 11 is 2.94. The van der Waals surface area contributed by atoms with E-state index in [2.05, 4.69) is 15.3 Å². The van der Waals surface area contributed by atoms with Gasteiger partial charge in [-0.05, 0) is 12.1 Å². The third-order valence-corrected chi connectivity index (χ3v) is 5.67. The average Bonchev–Trinajstić information content (AvgIpc) is 3.13. The monoisotopic (exact) mass is 392 g/mol. The summed E-state index contributed by atoms with van der Waals surface area (Å²) in [6.45, 7) is 0.760. The lowest BCUT2D eigenvalue weighted by molar-refractivity contribution is -0.113. The average molecular weight is 392 g/mol. The normalized spacial score (nSPS) is 13.3. The number of anilines is 1. The van der Waals surface area contributed by atoms with Gasteiger partial charge in [-0.15, -0.1) is 0 Å². The number of hydrogen-bond donors (Lipinski definition) is 2. The number of aromatic nitrogens is 2. The Balaban J connectivity index is 1.90. The minimum atomic E-state index is -0.666. The third kappa shape index (κ3) is 4.20. The molecular weight excluding hydrogens is 376 g/mol. The van der Waals surface area contributed by atoms with Crippen LogP contribution in [0.5, 0.6) is 5.75 Å². The Morgan fingerprint density at radius 2 is 2.23 bits per heavy atom. The first-order chi connectivity index (χ1) is 12.6. The van der Waals surface area contributed by atoms with Crippen LogP contribution in [0, 0.1) is 0 Å². The molecule has 26 heavy (non-hydrogen) atoms. The summed E-state index contributed by atoms with van der Waals surface area (Å²) in [4.78, 5) is 42.8. The van der Waals surface area contributed by atoms with Gasteiger partial charge >= 0.3 is 5.69 Å². The molecule has 0 spiro atoms. The highest BCUT2D eigenvalue weighted by atomic mass is 32.2. The molecule has 2 N–H and O–H groups in total. The number of thioether (sulfide) groups is 2. The van der Waals surface area contributed by atoms with Crippen molar-refractivity contribution in [3.05, 3.63) is 51.2 Å². The van der Waals surface area contributed by atoms with Gasteiger partial charge in [-0.1, -0.05) is 35.7 Å². The standard InChI is InChI=1S/C16H16N4O4S2/c1-24-11-5-3-2-4-10(11)20-12(8-13(21)19-15(20)23)18-14(22)9-26-16-17-6-7-25-16/h2-5,8H,6-7,9H2,1H3,(H,18,22)(H,19,21,23). The molecule has 1 aromatic heterocycles. The second kappa shape index (κ2) is 8.28. The molecule has 2 heterocycles. The lowest BCUT2D eigenvalue weighted by Gasteiger charge is -2.15. The van der Waals surface area contributed by atoms with Crippen LogP contribution in [-0.4, -0.2) is 45.0 Å². The van der Waals surface area contributed by atoms with E-state index in [0.717, 1.165) is 22.7 Å². The Kier molecular flexibility index (Phi) is 5.84. The molecule has 136 valence electrons. The number of ether oxygens (including phenoxy) is 1. The Hall–Kier alpha value is -2.46. The molecule has 10 heteroatoms. The molecule has 1 aliphatic heterocycles. The van der Waals surface area contributed by atoms with Crippen LogP contribution >= 0.6 is 23.5 Å². The Morgan fingerprint density at radius 3 is 2.96 bits per heavy atom. The molecule has 3 rings (SSSR count). The second-order valence-corrected chi connectivity index (χ2v) is 7.47. The summed E-state index contributed by atoms with van der Waals surface area (Å²) in [6, 6.07) is 8.00. The van der Waals surface area contributed by atoms with Crippen molar-refractivity contribution in [1.82, 2.24) is 9.55 Å². The van der Waals surface area contributed by atoms with Crippen molar-refractivity contribution >= 4 is 39.6 Å². The van der Waals surface area contributed by atoms with E-state index in [0.29, 0.717) is 11.4 Å². The molecule has 0 bridgehead atoms. The van der Waals surface area contributed by atoms with Gasteiger partial charge in [0.2, 0.25) is 5.91 Å². The number of methoxy groups -OCH3 is 1. The van der Waals surface area contributed by atoms with E-state index in [9.17, 15) is 14.4 Å². The van der Waals surface area contributed by atoms with Crippen molar-refractivity contribution in [2.45, 2.75) is 0 Å². The van der Waals surface area contributed by atoms with Crippen LogP contribution in [0.1, 0.15) is 0 Å². The van der Waals surface area contributed by atoms with Crippen molar-refractivity contribution in [3.8, 4) is 11.4 Å². The molecule has 1 aliphatic rings. The smallest absolute Gasteiger partial charge is 0.334 e. The van der Waals surface area contributed by atoms with Crippen LogP contribution < -0.4 is 21.3 Å². The minimum Gasteiger partial charge on any atom is -0.495 e. The molecule has 8 nitrogen and oxygen atoms in total. The number of carbonyl (C=O) groups excluding carboxylic acids is 1. The van der Waals surface area contributed by atoms with Crippen LogP contribution in [0.15, 0.2) is 44.9 Å². The highest BCUT2D eigenvalue weighted by Gasteiger charge is 2.16. The van der Waals surface area contributed by atoms with Crippen molar-refractivity contribution < 1.29 is 9.53 Å². The van der Waals surface area contributed by atoms with Gasteiger partial charge < -0.3 is 10.1 Å². The van der Waals surface area contributed by atoms with E-state index in [4.69, 9.17) is 4.74 Å². The van der Waals surface area contributed by atoms with E-state index in [1.165, 1.54) is 23.4 Å². The summed E-state index contributed by atoms with van der Waals surface area (Å²) in [5.74, 6) is 1.24. The van der Waals surface area contributed by atoms with Gasteiger partial charge in [0.1, 0.15) is 15.9 Å². The van der Waals surface area contributed by atoms with Crippen molar-refractivity contribution in [1.29, 1.82) is 0 Å². The predicted molar refractivity (Wildman–Crippen MR) is 105 cm³/mol.